The fraction of sp³-hybridized carbons (Fsp3) is 0.0609. The molecule has 2 aliphatic carbocycles. The van der Waals surface area contributed by atoms with Crippen molar-refractivity contribution >= 4 is 78.0 Å². The van der Waals surface area contributed by atoms with E-state index in [0.29, 0.717) is 0 Å². The number of benzene rings is 18. The molecule has 2 aromatic heterocycles. The first-order valence-corrected chi connectivity index (χ1v) is 40.7. The SMILES string of the molecule is C.C.c1ccc(-c2ccc(-c3ccc(N(c4ccc(-c5ccc(-c6ccccc6)cc5)cc4)c4ccc5c(c4)C4(CCCC4)c4cc(-c6ccc7c(c6)oc6ccccc67)ccc4-5)cc3)cc2)cc1.c1ccc(-c2ccc(-c3ccc(N(c4ccc(-c5ccccc5)cc4)c4ccc(-c5ccc6c(c5)oc5ccccc56)cc4)cc3)cc2)cc1. The highest BCUT2D eigenvalue weighted by molar-refractivity contribution is 6.07. The van der Waals surface area contributed by atoms with Gasteiger partial charge in [-0.2, -0.15) is 0 Å². The zero-order valence-corrected chi connectivity index (χ0v) is 64.6. The van der Waals surface area contributed by atoms with Crippen molar-refractivity contribution in [1.82, 2.24) is 0 Å². The molecule has 0 N–H and O–H groups in total. The zero-order valence-electron chi connectivity index (χ0n) is 64.6. The lowest BCUT2D eigenvalue weighted by atomic mass is 9.76. The molecule has 0 radical (unpaired) electrons. The van der Waals surface area contributed by atoms with Gasteiger partial charge in [0.05, 0.1) is 0 Å². The molecule has 2 heterocycles. The molecular weight excluding hydrogens is 1440 g/mol. The molecule has 0 atom stereocenters. The minimum Gasteiger partial charge on any atom is -0.456 e. The molecule has 20 aromatic rings. The molecular formula is C115H88N2O2. The minimum absolute atomic E-state index is 0. The molecule has 0 aliphatic heterocycles. The van der Waals surface area contributed by atoms with Crippen molar-refractivity contribution in [2.45, 2.75) is 46.0 Å². The third-order valence-corrected chi connectivity index (χ3v) is 24.2. The predicted octanol–water partition coefficient (Wildman–Crippen LogP) is 33.2. The van der Waals surface area contributed by atoms with Gasteiger partial charge in [0, 0.05) is 61.1 Å². The van der Waals surface area contributed by atoms with Crippen molar-refractivity contribution in [2.75, 3.05) is 9.80 Å². The van der Waals surface area contributed by atoms with E-state index in [-0.39, 0.29) is 20.3 Å². The first-order chi connectivity index (χ1) is 57.9. The van der Waals surface area contributed by atoms with Gasteiger partial charge in [-0.05, 0) is 250 Å². The molecule has 119 heavy (non-hydrogen) atoms. The molecule has 0 amide bonds. The number of para-hydroxylation sites is 2. The van der Waals surface area contributed by atoms with Crippen LogP contribution in [0.5, 0.6) is 0 Å². The molecule has 22 rings (SSSR count). The summed E-state index contributed by atoms with van der Waals surface area (Å²) in [6.45, 7) is 0. The Morgan fingerprint density at radius 1 is 0.176 bits per heavy atom. The van der Waals surface area contributed by atoms with Crippen molar-refractivity contribution in [3.05, 3.63) is 448 Å². The van der Waals surface area contributed by atoms with Crippen molar-refractivity contribution in [2.24, 2.45) is 0 Å². The lowest BCUT2D eigenvalue weighted by Crippen LogP contribution is -2.21. The topological polar surface area (TPSA) is 32.8 Å². The van der Waals surface area contributed by atoms with Crippen LogP contribution in [0.3, 0.4) is 0 Å². The average Bonchev–Trinajstić information content (AvgIpc) is 1.55. The summed E-state index contributed by atoms with van der Waals surface area (Å²) >= 11 is 0. The average molecular weight is 1530 g/mol. The summed E-state index contributed by atoms with van der Waals surface area (Å²) in [4.78, 5) is 4.77. The van der Waals surface area contributed by atoms with Gasteiger partial charge in [-0.25, -0.2) is 0 Å². The molecule has 0 unspecified atom stereocenters. The summed E-state index contributed by atoms with van der Waals surface area (Å²) in [5, 5.41) is 4.62. The third kappa shape index (κ3) is 14.3. The van der Waals surface area contributed by atoms with Gasteiger partial charge in [0.25, 0.3) is 0 Å². The Kier molecular flexibility index (Phi) is 20.0. The van der Waals surface area contributed by atoms with Crippen LogP contribution in [0.4, 0.5) is 34.1 Å². The van der Waals surface area contributed by atoms with Gasteiger partial charge < -0.3 is 18.6 Å². The van der Waals surface area contributed by atoms with E-state index in [0.717, 1.165) is 96.3 Å². The van der Waals surface area contributed by atoms with E-state index in [1.807, 2.05) is 18.2 Å². The van der Waals surface area contributed by atoms with E-state index in [4.69, 9.17) is 8.83 Å². The first-order valence-electron chi connectivity index (χ1n) is 40.7. The Morgan fingerprint density at radius 3 is 0.731 bits per heavy atom. The Bertz CT molecular complexity index is 6830. The molecule has 0 saturated heterocycles. The van der Waals surface area contributed by atoms with Crippen LogP contribution in [0.1, 0.15) is 51.7 Å². The summed E-state index contributed by atoms with van der Waals surface area (Å²) in [7, 11) is 0. The van der Waals surface area contributed by atoms with Gasteiger partial charge in [0.1, 0.15) is 22.3 Å². The number of nitrogens with zero attached hydrogens (tertiary/aromatic N) is 2. The summed E-state index contributed by atoms with van der Waals surface area (Å²) in [6, 6.07) is 158. The quantitative estimate of drug-likeness (QED) is 0.102. The Labute approximate surface area is 697 Å². The standard InChI is InChI=1S/C65H47NO.C48H33NO.2CH4/c1-3-11-44(12-4-1)46-17-21-48(22-18-46)50-25-31-54(32-26-50)66(55-33-27-51(28-34-55)49-23-19-47(20-24-49)45-13-5-2-6-14-45)56-35-38-58-57-36-29-52(41-61(57)65(62(58)43-56)39-9-10-40-65)53-30-37-60-59-15-7-8-16-63(59)67-64(60)42-53;1-3-9-34(10-4-1)36-15-17-37(18-16-36)39-21-28-43(29-22-39)49(42-26-19-38(20-27-42)35-11-5-2-6-12-35)44-30-23-40(24-31-44)41-25-32-46-45-13-7-8-14-47(45)50-48(46)33-41;;/h1-8,11-38,41-43H,9-10,39-40H2;1-33H;2*1H4. The molecule has 18 aromatic carbocycles. The Hall–Kier alpha value is -14.8. The van der Waals surface area contributed by atoms with E-state index in [2.05, 4.69) is 428 Å². The summed E-state index contributed by atoms with van der Waals surface area (Å²) < 4.78 is 12.5. The maximum Gasteiger partial charge on any atom is 0.136 e. The molecule has 1 saturated carbocycles. The van der Waals surface area contributed by atoms with Gasteiger partial charge in [-0.1, -0.05) is 349 Å². The van der Waals surface area contributed by atoms with Crippen molar-refractivity contribution in [3.63, 3.8) is 0 Å². The second-order valence-electron chi connectivity index (χ2n) is 31.0. The summed E-state index contributed by atoms with van der Waals surface area (Å²) in [5.41, 5.74) is 37.7. The number of rotatable bonds is 15. The molecule has 4 nitrogen and oxygen atoms in total. The van der Waals surface area contributed by atoms with Crippen molar-refractivity contribution in [3.8, 4) is 111 Å². The van der Waals surface area contributed by atoms with Crippen LogP contribution >= 0.6 is 0 Å². The number of furan rings is 2. The van der Waals surface area contributed by atoms with E-state index in [1.54, 1.807) is 0 Å². The van der Waals surface area contributed by atoms with E-state index in [1.165, 1.54) is 130 Å². The Morgan fingerprint density at radius 2 is 0.395 bits per heavy atom. The maximum absolute atomic E-state index is 6.35. The third-order valence-electron chi connectivity index (χ3n) is 24.2. The van der Waals surface area contributed by atoms with Crippen molar-refractivity contribution in [1.29, 1.82) is 0 Å². The molecule has 1 fully saturated rings. The van der Waals surface area contributed by atoms with Crippen LogP contribution in [-0.4, -0.2) is 0 Å². The van der Waals surface area contributed by atoms with E-state index in [9.17, 15) is 0 Å². The maximum atomic E-state index is 6.35. The van der Waals surface area contributed by atoms with Crippen LogP contribution in [0.15, 0.2) is 446 Å². The molecule has 1 spiro atoms. The summed E-state index contributed by atoms with van der Waals surface area (Å²) in [5.74, 6) is 0. The number of hydrogen-bond donors (Lipinski definition) is 0. The molecule has 4 heteroatoms. The number of anilines is 6. The Balaban J connectivity index is 0.000000162. The van der Waals surface area contributed by atoms with Crippen LogP contribution in [0.25, 0.3) is 155 Å². The van der Waals surface area contributed by atoms with Gasteiger partial charge >= 0.3 is 0 Å². The molecule has 2 aliphatic rings. The van der Waals surface area contributed by atoms with Crippen LogP contribution in [-0.2, 0) is 5.41 Å². The second-order valence-corrected chi connectivity index (χ2v) is 31.0. The van der Waals surface area contributed by atoms with E-state index < -0.39 is 0 Å². The predicted molar refractivity (Wildman–Crippen MR) is 504 cm³/mol. The number of hydrogen-bond acceptors (Lipinski definition) is 4. The highest BCUT2D eigenvalue weighted by atomic mass is 16.3. The lowest BCUT2D eigenvalue weighted by molar-refractivity contribution is 0.550. The fourth-order valence-electron chi connectivity index (χ4n) is 18.1. The monoisotopic (exact) mass is 1530 g/mol. The van der Waals surface area contributed by atoms with Crippen molar-refractivity contribution < 1.29 is 8.83 Å². The second kappa shape index (κ2) is 32.1. The van der Waals surface area contributed by atoms with Crippen LogP contribution < -0.4 is 9.80 Å². The van der Waals surface area contributed by atoms with Crippen LogP contribution in [0, 0.1) is 0 Å². The smallest absolute Gasteiger partial charge is 0.136 e. The highest BCUT2D eigenvalue weighted by Gasteiger charge is 2.45. The highest BCUT2D eigenvalue weighted by Crippen LogP contribution is 2.59. The molecule has 570 valence electrons. The normalized spacial score (nSPS) is 12.3. The van der Waals surface area contributed by atoms with E-state index >= 15 is 0 Å². The first kappa shape index (κ1) is 74.3. The van der Waals surface area contributed by atoms with Gasteiger partial charge in [-0.15, -0.1) is 0 Å². The lowest BCUT2D eigenvalue weighted by Gasteiger charge is -2.30. The summed E-state index contributed by atoms with van der Waals surface area (Å²) in [6.07, 6.45) is 4.75. The molecule has 0 bridgehead atoms. The number of fused-ring (bicyclic) bond motifs is 11. The van der Waals surface area contributed by atoms with Crippen LogP contribution in [0.2, 0.25) is 0 Å². The fourth-order valence-corrected chi connectivity index (χ4v) is 18.1. The van der Waals surface area contributed by atoms with Gasteiger partial charge in [0.2, 0.25) is 0 Å². The zero-order chi connectivity index (χ0) is 77.6. The van der Waals surface area contributed by atoms with Gasteiger partial charge in [-0.3, -0.25) is 0 Å². The van der Waals surface area contributed by atoms with Gasteiger partial charge in [0.15, 0.2) is 0 Å². The minimum atomic E-state index is -0.0304. The largest absolute Gasteiger partial charge is 0.456 e.